The van der Waals surface area contributed by atoms with Gasteiger partial charge < -0.3 is 9.64 Å². The average molecular weight is 374 g/mol. The number of rotatable bonds is 6. The van der Waals surface area contributed by atoms with E-state index in [-0.39, 0.29) is 0 Å². The molecule has 2 aromatic carbocycles. The molecular formula is C19H22N2O4S. The van der Waals surface area contributed by atoms with Gasteiger partial charge in [-0.1, -0.05) is 30.3 Å². The molecule has 0 atom stereocenters. The second kappa shape index (κ2) is 8.23. The summed E-state index contributed by atoms with van der Waals surface area (Å²) in [5.74, 6) is -0.485. The second-order valence-electron chi connectivity index (χ2n) is 6.24. The number of benzene rings is 2. The van der Waals surface area contributed by atoms with Gasteiger partial charge in [-0.25, -0.2) is 13.2 Å². The van der Waals surface area contributed by atoms with Crippen molar-refractivity contribution >= 4 is 28.2 Å². The van der Waals surface area contributed by atoms with E-state index in [1.54, 1.807) is 12.1 Å². The van der Waals surface area contributed by atoms with Crippen molar-refractivity contribution in [3.63, 3.8) is 0 Å². The first-order chi connectivity index (χ1) is 12.6. The number of hydrogen-bond donors (Lipinski definition) is 2. The number of nitrogens with one attached hydrogen (secondary N) is 1. The maximum absolute atomic E-state index is 12.1. The predicted octanol–water partition coefficient (Wildman–Crippen LogP) is 2.60. The number of carbonyl (C=O) groups is 1. The highest BCUT2D eigenvalue weighted by Crippen LogP contribution is 2.34. The Morgan fingerprint density at radius 1 is 1.15 bits per heavy atom. The number of thiol groups is 1. The quantitative estimate of drug-likeness (QED) is 0.600. The van der Waals surface area contributed by atoms with Gasteiger partial charge in [0.25, 0.3) is 0 Å². The van der Waals surface area contributed by atoms with E-state index in [9.17, 15) is 13.2 Å². The van der Waals surface area contributed by atoms with E-state index >= 15 is 0 Å². The van der Waals surface area contributed by atoms with Crippen molar-refractivity contribution in [2.24, 2.45) is 0 Å². The first kappa shape index (κ1) is 18.3. The summed E-state index contributed by atoms with van der Waals surface area (Å²) in [7, 11) is -1.53. The minimum absolute atomic E-state index is 0.338. The van der Waals surface area contributed by atoms with Gasteiger partial charge in [-0.2, -0.15) is 0 Å². The van der Waals surface area contributed by atoms with Crippen LogP contribution in [0.1, 0.15) is 34.3 Å². The predicted molar refractivity (Wildman–Crippen MR) is 102 cm³/mol. The molecule has 1 aliphatic heterocycles. The van der Waals surface area contributed by atoms with Crippen LogP contribution in [0, 0.1) is 0 Å². The molecule has 1 saturated heterocycles. The highest BCUT2D eigenvalue weighted by molar-refractivity contribution is 7.73. The van der Waals surface area contributed by atoms with Crippen molar-refractivity contribution in [2.75, 3.05) is 29.8 Å². The molecule has 138 valence electrons. The maximum atomic E-state index is 12.1. The molecule has 0 saturated carbocycles. The van der Waals surface area contributed by atoms with Crippen LogP contribution in [0.25, 0.3) is 0 Å². The fourth-order valence-corrected chi connectivity index (χ4v) is 3.71. The van der Waals surface area contributed by atoms with Gasteiger partial charge in [0.1, 0.15) is 0 Å². The van der Waals surface area contributed by atoms with E-state index in [2.05, 4.69) is 9.62 Å². The molecule has 1 heterocycles. The first-order valence-corrected chi connectivity index (χ1v) is 9.71. The largest absolute Gasteiger partial charge is 0.465 e. The third-order valence-electron chi connectivity index (χ3n) is 4.53. The van der Waals surface area contributed by atoms with E-state index in [0.29, 0.717) is 17.7 Å². The van der Waals surface area contributed by atoms with Crippen LogP contribution < -0.4 is 9.62 Å². The highest BCUT2D eigenvalue weighted by atomic mass is 32.2. The van der Waals surface area contributed by atoms with Gasteiger partial charge in [-0.15, -0.1) is 0 Å². The fraction of sp³-hybridized carbons (Fsp3) is 0.316. The standard InChI is InChI=1S/C19H22N2O4S/c1-25-19(22)15-12-17(20-26(23)24)16(11-14-7-3-2-4-8-14)18(13-15)21-9-5-6-10-21/h2-4,7-8,12-13,26H,5-6,9-11H2,1H3,(H,20,23,24). The Morgan fingerprint density at radius 3 is 2.46 bits per heavy atom. The maximum Gasteiger partial charge on any atom is 0.337 e. The number of anilines is 2. The van der Waals surface area contributed by atoms with E-state index in [1.807, 2.05) is 30.3 Å². The number of carbonyl (C=O) groups excluding carboxylic acids is 1. The minimum atomic E-state index is -2.85. The molecule has 7 heteroatoms. The van der Waals surface area contributed by atoms with Crippen LogP contribution in [0.5, 0.6) is 0 Å². The lowest BCUT2D eigenvalue weighted by Gasteiger charge is -2.24. The highest BCUT2D eigenvalue weighted by Gasteiger charge is 2.22. The molecular weight excluding hydrogens is 352 g/mol. The first-order valence-electron chi connectivity index (χ1n) is 8.53. The van der Waals surface area contributed by atoms with Crippen LogP contribution in [0.2, 0.25) is 0 Å². The third kappa shape index (κ3) is 4.16. The third-order valence-corrected chi connectivity index (χ3v) is 4.95. The molecule has 1 aliphatic rings. The molecule has 1 fully saturated rings. The van der Waals surface area contributed by atoms with Crippen molar-refractivity contribution in [2.45, 2.75) is 19.3 Å². The molecule has 0 spiro atoms. The number of ether oxygens (including phenoxy) is 1. The van der Waals surface area contributed by atoms with Crippen LogP contribution in [0.15, 0.2) is 42.5 Å². The van der Waals surface area contributed by atoms with Gasteiger partial charge in [0, 0.05) is 30.8 Å². The van der Waals surface area contributed by atoms with Crippen LogP contribution >= 0.6 is 0 Å². The Bertz CT molecular complexity index is 851. The molecule has 0 bridgehead atoms. The second-order valence-corrected chi connectivity index (χ2v) is 6.98. The molecule has 26 heavy (non-hydrogen) atoms. The number of hydrogen-bond acceptors (Lipinski definition) is 5. The zero-order valence-corrected chi connectivity index (χ0v) is 15.5. The minimum Gasteiger partial charge on any atom is -0.465 e. The zero-order chi connectivity index (χ0) is 18.5. The van der Waals surface area contributed by atoms with E-state index in [1.165, 1.54) is 7.11 Å². The van der Waals surface area contributed by atoms with Crippen molar-refractivity contribution in [3.8, 4) is 0 Å². The molecule has 0 amide bonds. The lowest BCUT2D eigenvalue weighted by molar-refractivity contribution is 0.0601. The summed E-state index contributed by atoms with van der Waals surface area (Å²) < 4.78 is 30.0. The van der Waals surface area contributed by atoms with Crippen molar-refractivity contribution in [1.82, 2.24) is 0 Å². The zero-order valence-electron chi connectivity index (χ0n) is 14.6. The van der Waals surface area contributed by atoms with E-state index in [4.69, 9.17) is 4.74 Å². The van der Waals surface area contributed by atoms with E-state index in [0.717, 1.165) is 42.7 Å². The van der Waals surface area contributed by atoms with Gasteiger partial charge in [0.2, 0.25) is 10.9 Å². The summed E-state index contributed by atoms with van der Waals surface area (Å²) in [6.07, 6.45) is 2.72. The molecule has 0 unspecified atom stereocenters. The SMILES string of the molecule is COC(=O)c1cc(N[SH](=O)=O)c(Cc2ccccc2)c(N2CCCC2)c1. The average Bonchev–Trinajstić information content (AvgIpc) is 3.17. The summed E-state index contributed by atoms with van der Waals surface area (Å²) in [5.41, 5.74) is 3.59. The number of esters is 1. The Balaban J connectivity index is 2.14. The van der Waals surface area contributed by atoms with Crippen molar-refractivity contribution in [1.29, 1.82) is 0 Å². The Morgan fingerprint density at radius 2 is 1.85 bits per heavy atom. The van der Waals surface area contributed by atoms with E-state index < -0.39 is 16.9 Å². The number of nitrogens with zero attached hydrogens (tertiary/aromatic N) is 1. The number of methoxy groups -OCH3 is 1. The summed E-state index contributed by atoms with van der Waals surface area (Å²) in [5, 5.41) is 0. The Kier molecular flexibility index (Phi) is 5.78. The van der Waals surface area contributed by atoms with Crippen molar-refractivity contribution in [3.05, 3.63) is 59.2 Å². The molecule has 3 rings (SSSR count). The van der Waals surface area contributed by atoms with Gasteiger partial charge in [-0.3, -0.25) is 4.72 Å². The van der Waals surface area contributed by atoms with Gasteiger partial charge >= 0.3 is 5.97 Å². The molecule has 6 nitrogen and oxygen atoms in total. The Hall–Kier alpha value is -2.54. The summed E-state index contributed by atoms with van der Waals surface area (Å²) in [6, 6.07) is 13.2. The smallest absolute Gasteiger partial charge is 0.337 e. The summed E-state index contributed by atoms with van der Waals surface area (Å²) in [6.45, 7) is 1.77. The van der Waals surface area contributed by atoms with Crippen molar-refractivity contribution < 1.29 is 17.9 Å². The Labute approximate surface area is 154 Å². The molecule has 2 aromatic rings. The van der Waals surface area contributed by atoms with Gasteiger partial charge in [0.05, 0.1) is 18.4 Å². The summed E-state index contributed by atoms with van der Waals surface area (Å²) in [4.78, 5) is 14.3. The molecule has 0 aliphatic carbocycles. The monoisotopic (exact) mass is 374 g/mol. The molecule has 0 radical (unpaired) electrons. The van der Waals surface area contributed by atoms with Crippen LogP contribution in [-0.4, -0.2) is 34.6 Å². The normalized spacial score (nSPS) is 13.8. The van der Waals surface area contributed by atoms with Crippen LogP contribution in [0.4, 0.5) is 11.4 Å². The lowest BCUT2D eigenvalue weighted by Crippen LogP contribution is -2.21. The van der Waals surface area contributed by atoms with Gasteiger partial charge in [-0.05, 0) is 30.5 Å². The van der Waals surface area contributed by atoms with Gasteiger partial charge in [0.15, 0.2) is 0 Å². The fourth-order valence-electron chi connectivity index (χ4n) is 3.32. The topological polar surface area (TPSA) is 75.7 Å². The molecule has 1 N–H and O–H groups in total. The summed E-state index contributed by atoms with van der Waals surface area (Å²) >= 11 is 0. The van der Waals surface area contributed by atoms with Crippen LogP contribution in [0.3, 0.4) is 0 Å². The molecule has 0 aromatic heterocycles. The lowest BCUT2D eigenvalue weighted by atomic mass is 9.98. The van der Waals surface area contributed by atoms with Crippen LogP contribution in [-0.2, 0) is 22.0 Å².